The van der Waals surface area contributed by atoms with Gasteiger partial charge in [-0.15, -0.1) is 0 Å². The number of hydrogen-bond acceptors (Lipinski definition) is 2. The molecule has 0 atom stereocenters. The van der Waals surface area contributed by atoms with Crippen molar-refractivity contribution in [2.24, 2.45) is 0 Å². The van der Waals surface area contributed by atoms with Crippen LogP contribution in [-0.4, -0.2) is 29.2 Å². The second-order valence-electron chi connectivity index (χ2n) is 4.86. The van der Waals surface area contributed by atoms with Gasteiger partial charge in [-0.1, -0.05) is 13.0 Å². The van der Waals surface area contributed by atoms with Crippen molar-refractivity contribution in [2.75, 3.05) is 18.8 Å². The van der Waals surface area contributed by atoms with Crippen LogP contribution < -0.4 is 5.73 Å². The molecule has 2 rings (SSSR count). The van der Waals surface area contributed by atoms with E-state index in [2.05, 4.69) is 13.0 Å². The van der Waals surface area contributed by atoms with Crippen LogP contribution in [0.25, 0.3) is 0 Å². The maximum absolute atomic E-state index is 10.9. The van der Waals surface area contributed by atoms with Gasteiger partial charge in [-0.2, -0.15) is 0 Å². The Labute approximate surface area is 107 Å². The van der Waals surface area contributed by atoms with Gasteiger partial charge in [0.15, 0.2) is 0 Å². The number of likely N-dealkylation sites (tertiary alicyclic amines) is 1. The first-order valence-electron chi connectivity index (χ1n) is 6.48. The number of anilines is 1. The van der Waals surface area contributed by atoms with E-state index in [1.54, 1.807) is 0 Å². The van der Waals surface area contributed by atoms with Crippen molar-refractivity contribution >= 4 is 11.8 Å². The summed E-state index contributed by atoms with van der Waals surface area (Å²) in [4.78, 5) is 12.4. The highest BCUT2D eigenvalue weighted by Crippen LogP contribution is 2.31. The molecule has 1 fully saturated rings. The van der Waals surface area contributed by atoms with Gasteiger partial charge in [0, 0.05) is 18.8 Å². The number of rotatable bonds is 2. The summed E-state index contributed by atoms with van der Waals surface area (Å²) in [6, 6.07) is 6.09. The van der Waals surface area contributed by atoms with Crippen molar-refractivity contribution in [1.29, 1.82) is 0 Å². The van der Waals surface area contributed by atoms with Crippen molar-refractivity contribution in [3.05, 3.63) is 29.3 Å². The van der Waals surface area contributed by atoms with Gasteiger partial charge >= 0.3 is 6.09 Å². The zero-order valence-corrected chi connectivity index (χ0v) is 10.7. The molecule has 1 heterocycles. The monoisotopic (exact) mass is 248 g/mol. The van der Waals surface area contributed by atoms with Gasteiger partial charge in [-0.25, -0.2) is 4.79 Å². The summed E-state index contributed by atoms with van der Waals surface area (Å²) >= 11 is 0. The maximum atomic E-state index is 10.9. The molecular weight excluding hydrogens is 228 g/mol. The summed E-state index contributed by atoms with van der Waals surface area (Å²) in [6.45, 7) is 3.39. The minimum atomic E-state index is -0.804. The lowest BCUT2D eigenvalue weighted by Gasteiger charge is -2.31. The number of carboxylic acid groups (broad SMARTS) is 1. The van der Waals surface area contributed by atoms with Crippen molar-refractivity contribution in [1.82, 2.24) is 4.90 Å². The summed E-state index contributed by atoms with van der Waals surface area (Å²) in [7, 11) is 0. The van der Waals surface area contributed by atoms with E-state index in [-0.39, 0.29) is 0 Å². The molecular formula is C14H20N2O2. The number of carbonyl (C=O) groups is 1. The van der Waals surface area contributed by atoms with Crippen LogP contribution >= 0.6 is 0 Å². The van der Waals surface area contributed by atoms with Gasteiger partial charge in [0.2, 0.25) is 0 Å². The van der Waals surface area contributed by atoms with E-state index in [1.807, 2.05) is 12.1 Å². The fraction of sp³-hybridized carbons (Fsp3) is 0.500. The predicted molar refractivity (Wildman–Crippen MR) is 71.8 cm³/mol. The van der Waals surface area contributed by atoms with Crippen LogP contribution in [0.15, 0.2) is 18.2 Å². The lowest BCUT2D eigenvalue weighted by atomic mass is 9.85. The summed E-state index contributed by atoms with van der Waals surface area (Å²) < 4.78 is 0. The molecule has 1 aromatic carbocycles. The number of benzene rings is 1. The van der Waals surface area contributed by atoms with Gasteiger partial charge < -0.3 is 15.7 Å². The highest BCUT2D eigenvalue weighted by atomic mass is 16.4. The Balaban J connectivity index is 2.12. The molecule has 4 heteroatoms. The molecule has 4 nitrogen and oxygen atoms in total. The van der Waals surface area contributed by atoms with E-state index >= 15 is 0 Å². The zero-order valence-electron chi connectivity index (χ0n) is 10.7. The van der Waals surface area contributed by atoms with E-state index in [9.17, 15) is 4.79 Å². The van der Waals surface area contributed by atoms with Gasteiger partial charge in [0.1, 0.15) is 0 Å². The van der Waals surface area contributed by atoms with Crippen LogP contribution in [0.4, 0.5) is 10.5 Å². The molecule has 18 heavy (non-hydrogen) atoms. The van der Waals surface area contributed by atoms with Crippen LogP contribution in [0, 0.1) is 0 Å². The second kappa shape index (κ2) is 5.29. The Bertz CT molecular complexity index is 437. The van der Waals surface area contributed by atoms with Crippen molar-refractivity contribution in [2.45, 2.75) is 32.1 Å². The predicted octanol–water partition coefficient (Wildman–Crippen LogP) is 2.69. The van der Waals surface area contributed by atoms with Gasteiger partial charge in [0.25, 0.3) is 0 Å². The minimum absolute atomic E-state index is 0.469. The highest BCUT2D eigenvalue weighted by molar-refractivity contribution is 5.65. The first kappa shape index (κ1) is 12.7. The van der Waals surface area contributed by atoms with Crippen molar-refractivity contribution < 1.29 is 9.90 Å². The Kier molecular flexibility index (Phi) is 3.75. The smallest absolute Gasteiger partial charge is 0.407 e. The first-order chi connectivity index (χ1) is 8.61. The summed E-state index contributed by atoms with van der Waals surface area (Å²) in [5.74, 6) is 0.469. The van der Waals surface area contributed by atoms with Crippen LogP contribution in [0.1, 0.15) is 36.8 Å². The molecule has 0 bridgehead atoms. The Morgan fingerprint density at radius 3 is 2.67 bits per heavy atom. The summed E-state index contributed by atoms with van der Waals surface area (Å²) in [5, 5.41) is 8.94. The Morgan fingerprint density at radius 2 is 2.11 bits per heavy atom. The summed E-state index contributed by atoms with van der Waals surface area (Å²) in [5.41, 5.74) is 9.25. The van der Waals surface area contributed by atoms with E-state index < -0.39 is 6.09 Å². The first-order valence-corrected chi connectivity index (χ1v) is 6.48. The van der Waals surface area contributed by atoms with Gasteiger partial charge in [-0.3, -0.25) is 0 Å². The topological polar surface area (TPSA) is 66.6 Å². The van der Waals surface area contributed by atoms with E-state index in [0.717, 1.165) is 24.9 Å². The Morgan fingerprint density at radius 1 is 1.44 bits per heavy atom. The molecule has 1 aromatic rings. The molecule has 0 aliphatic carbocycles. The fourth-order valence-corrected chi connectivity index (χ4v) is 2.71. The average Bonchev–Trinajstić information content (AvgIpc) is 2.38. The second-order valence-corrected chi connectivity index (χ2v) is 4.86. The van der Waals surface area contributed by atoms with Crippen LogP contribution in [0.2, 0.25) is 0 Å². The molecule has 0 unspecified atom stereocenters. The maximum Gasteiger partial charge on any atom is 0.407 e. The number of aryl methyl sites for hydroxylation is 1. The molecule has 0 aromatic heterocycles. The number of nitrogens with two attached hydrogens (primary N) is 1. The number of nitrogens with zero attached hydrogens (tertiary/aromatic N) is 1. The average molecular weight is 248 g/mol. The van der Waals surface area contributed by atoms with E-state index in [4.69, 9.17) is 10.8 Å². The molecule has 1 aliphatic rings. The number of hydrogen-bond donors (Lipinski definition) is 2. The lowest BCUT2D eigenvalue weighted by molar-refractivity contribution is 0.132. The summed E-state index contributed by atoms with van der Waals surface area (Å²) in [6.07, 6.45) is 1.98. The number of piperidine rings is 1. The molecule has 1 aliphatic heterocycles. The van der Waals surface area contributed by atoms with Crippen molar-refractivity contribution in [3.63, 3.8) is 0 Å². The van der Waals surface area contributed by atoms with Crippen LogP contribution in [0.5, 0.6) is 0 Å². The number of nitrogen functional groups attached to an aromatic ring is 1. The fourth-order valence-electron chi connectivity index (χ4n) is 2.71. The molecule has 0 saturated carbocycles. The molecule has 0 spiro atoms. The third kappa shape index (κ3) is 2.58. The molecule has 1 saturated heterocycles. The van der Waals surface area contributed by atoms with Crippen LogP contribution in [-0.2, 0) is 6.42 Å². The van der Waals surface area contributed by atoms with E-state index in [1.165, 1.54) is 16.0 Å². The molecule has 0 radical (unpaired) electrons. The van der Waals surface area contributed by atoms with Crippen molar-refractivity contribution in [3.8, 4) is 0 Å². The molecule has 98 valence electrons. The Hall–Kier alpha value is -1.71. The zero-order chi connectivity index (χ0) is 13.1. The van der Waals surface area contributed by atoms with Gasteiger partial charge in [-0.05, 0) is 48.4 Å². The standard InChI is InChI=1S/C14H20N2O2/c1-2-10-9-12(15)3-4-13(10)11-5-7-16(8-6-11)14(17)18/h3-4,9,11H,2,5-8,15H2,1H3,(H,17,18). The normalized spacial score (nSPS) is 16.8. The largest absolute Gasteiger partial charge is 0.465 e. The highest BCUT2D eigenvalue weighted by Gasteiger charge is 2.24. The van der Waals surface area contributed by atoms with E-state index in [0.29, 0.717) is 19.0 Å². The minimum Gasteiger partial charge on any atom is -0.465 e. The quantitative estimate of drug-likeness (QED) is 0.791. The third-order valence-corrected chi connectivity index (χ3v) is 3.75. The SMILES string of the molecule is CCc1cc(N)ccc1C1CCN(C(=O)O)CC1. The van der Waals surface area contributed by atoms with Gasteiger partial charge in [0.05, 0.1) is 0 Å². The van der Waals surface area contributed by atoms with Crippen LogP contribution in [0.3, 0.4) is 0 Å². The third-order valence-electron chi connectivity index (χ3n) is 3.75. The number of amides is 1. The lowest BCUT2D eigenvalue weighted by Crippen LogP contribution is -2.36. The molecule has 1 amide bonds. The molecule has 3 N–H and O–H groups in total.